The summed E-state index contributed by atoms with van der Waals surface area (Å²) in [5.74, 6) is 0.293. The van der Waals surface area contributed by atoms with E-state index in [0.29, 0.717) is 10.8 Å². The molecule has 94 valence electrons. The summed E-state index contributed by atoms with van der Waals surface area (Å²) >= 11 is 5.97. The number of halogens is 2. The predicted octanol–water partition coefficient (Wildman–Crippen LogP) is 3.61. The Morgan fingerprint density at radius 3 is 2.67 bits per heavy atom. The van der Waals surface area contributed by atoms with E-state index < -0.39 is 0 Å². The van der Waals surface area contributed by atoms with Crippen molar-refractivity contribution < 1.29 is 9.13 Å². The van der Waals surface area contributed by atoms with Gasteiger partial charge in [-0.2, -0.15) is 0 Å². The summed E-state index contributed by atoms with van der Waals surface area (Å²) in [6.07, 6.45) is 0. The standard InChI is InChI=1S/C14H13ClFNO/c1-18-14-7-9(2-5-13(14)15)12-4-3-11(16)6-10(12)8-17/h2-7H,8,17H2,1H3. The third-order valence-corrected chi connectivity index (χ3v) is 3.06. The molecule has 2 nitrogen and oxygen atoms in total. The molecule has 2 N–H and O–H groups in total. The molecule has 0 aliphatic carbocycles. The van der Waals surface area contributed by atoms with Crippen LogP contribution in [0.15, 0.2) is 36.4 Å². The Morgan fingerprint density at radius 2 is 2.00 bits per heavy atom. The van der Waals surface area contributed by atoms with Crippen LogP contribution in [-0.4, -0.2) is 7.11 Å². The van der Waals surface area contributed by atoms with Gasteiger partial charge in [-0.05, 0) is 41.0 Å². The fourth-order valence-electron chi connectivity index (χ4n) is 1.84. The first-order valence-electron chi connectivity index (χ1n) is 5.48. The van der Waals surface area contributed by atoms with Crippen molar-refractivity contribution in [3.05, 3.63) is 52.8 Å². The Bertz CT molecular complexity index is 572. The number of rotatable bonds is 3. The minimum absolute atomic E-state index is 0.276. The summed E-state index contributed by atoms with van der Waals surface area (Å²) in [4.78, 5) is 0. The largest absolute Gasteiger partial charge is 0.495 e. The second-order valence-electron chi connectivity index (χ2n) is 3.85. The van der Waals surface area contributed by atoms with Crippen LogP contribution in [0.5, 0.6) is 5.75 Å². The normalized spacial score (nSPS) is 10.4. The second kappa shape index (κ2) is 5.38. The Labute approximate surface area is 110 Å². The highest BCUT2D eigenvalue weighted by Crippen LogP contribution is 2.32. The Morgan fingerprint density at radius 1 is 1.22 bits per heavy atom. The molecule has 0 aromatic heterocycles. The van der Waals surface area contributed by atoms with Crippen molar-refractivity contribution in [1.29, 1.82) is 0 Å². The van der Waals surface area contributed by atoms with Crippen LogP contribution in [0.2, 0.25) is 5.02 Å². The fourth-order valence-corrected chi connectivity index (χ4v) is 2.03. The van der Waals surface area contributed by atoms with Crippen molar-refractivity contribution in [2.75, 3.05) is 7.11 Å². The van der Waals surface area contributed by atoms with Gasteiger partial charge in [-0.25, -0.2) is 4.39 Å². The summed E-state index contributed by atoms with van der Waals surface area (Å²) in [6.45, 7) is 0.276. The second-order valence-corrected chi connectivity index (χ2v) is 4.26. The molecular weight excluding hydrogens is 253 g/mol. The highest BCUT2D eigenvalue weighted by atomic mass is 35.5. The highest BCUT2D eigenvalue weighted by Gasteiger charge is 2.08. The molecule has 0 unspecified atom stereocenters. The lowest BCUT2D eigenvalue weighted by Crippen LogP contribution is -2.00. The molecule has 0 saturated heterocycles. The van der Waals surface area contributed by atoms with Crippen molar-refractivity contribution in [3.8, 4) is 16.9 Å². The van der Waals surface area contributed by atoms with Gasteiger partial charge in [0.25, 0.3) is 0 Å². The van der Waals surface area contributed by atoms with E-state index in [4.69, 9.17) is 22.1 Å². The topological polar surface area (TPSA) is 35.2 Å². The zero-order chi connectivity index (χ0) is 13.1. The van der Waals surface area contributed by atoms with Crippen LogP contribution < -0.4 is 10.5 Å². The average Bonchev–Trinajstić information content (AvgIpc) is 2.39. The number of nitrogens with two attached hydrogens (primary N) is 1. The Kier molecular flexibility index (Phi) is 3.84. The van der Waals surface area contributed by atoms with E-state index in [1.165, 1.54) is 12.1 Å². The zero-order valence-corrected chi connectivity index (χ0v) is 10.7. The van der Waals surface area contributed by atoms with Gasteiger partial charge < -0.3 is 10.5 Å². The summed E-state index contributed by atoms with van der Waals surface area (Å²) < 4.78 is 18.3. The number of hydrogen-bond acceptors (Lipinski definition) is 2. The van der Waals surface area contributed by atoms with Crippen LogP contribution in [0.3, 0.4) is 0 Å². The van der Waals surface area contributed by atoms with Gasteiger partial charge in [-0.1, -0.05) is 23.7 Å². The molecule has 0 aliphatic rings. The van der Waals surface area contributed by atoms with Gasteiger partial charge in [0.2, 0.25) is 0 Å². The molecule has 0 bridgehead atoms. The summed E-state index contributed by atoms with van der Waals surface area (Å²) in [5.41, 5.74) is 8.17. The fraction of sp³-hybridized carbons (Fsp3) is 0.143. The van der Waals surface area contributed by atoms with Crippen molar-refractivity contribution in [2.24, 2.45) is 5.73 Å². The lowest BCUT2D eigenvalue weighted by molar-refractivity contribution is 0.415. The molecule has 2 aromatic rings. The maximum atomic E-state index is 13.2. The SMILES string of the molecule is COc1cc(-c2ccc(F)cc2CN)ccc1Cl. The van der Waals surface area contributed by atoms with Crippen molar-refractivity contribution in [1.82, 2.24) is 0 Å². The molecule has 0 heterocycles. The van der Waals surface area contributed by atoms with Gasteiger partial charge in [-0.15, -0.1) is 0 Å². The Balaban J connectivity index is 2.54. The zero-order valence-electron chi connectivity index (χ0n) is 9.91. The monoisotopic (exact) mass is 265 g/mol. The van der Waals surface area contributed by atoms with Gasteiger partial charge in [0.15, 0.2) is 0 Å². The molecule has 0 amide bonds. The molecule has 0 atom stereocenters. The molecule has 0 radical (unpaired) electrons. The van der Waals surface area contributed by atoms with E-state index in [9.17, 15) is 4.39 Å². The van der Waals surface area contributed by atoms with Crippen LogP contribution >= 0.6 is 11.6 Å². The summed E-state index contributed by atoms with van der Waals surface area (Å²) in [7, 11) is 1.56. The molecule has 0 fully saturated rings. The van der Waals surface area contributed by atoms with Gasteiger partial charge in [0.05, 0.1) is 12.1 Å². The van der Waals surface area contributed by atoms with E-state index in [0.717, 1.165) is 16.7 Å². The first kappa shape index (κ1) is 12.9. The van der Waals surface area contributed by atoms with Gasteiger partial charge in [-0.3, -0.25) is 0 Å². The Hall–Kier alpha value is -1.58. The molecule has 2 rings (SSSR count). The van der Waals surface area contributed by atoms with Gasteiger partial charge >= 0.3 is 0 Å². The highest BCUT2D eigenvalue weighted by molar-refractivity contribution is 6.32. The molecule has 4 heteroatoms. The average molecular weight is 266 g/mol. The van der Waals surface area contributed by atoms with Gasteiger partial charge in [0.1, 0.15) is 11.6 Å². The van der Waals surface area contributed by atoms with E-state index in [1.807, 2.05) is 12.1 Å². The van der Waals surface area contributed by atoms with E-state index in [-0.39, 0.29) is 12.4 Å². The predicted molar refractivity (Wildman–Crippen MR) is 71.3 cm³/mol. The molecular formula is C14H13ClFNO. The quantitative estimate of drug-likeness (QED) is 0.920. The van der Waals surface area contributed by atoms with E-state index in [1.54, 1.807) is 19.2 Å². The van der Waals surface area contributed by atoms with Gasteiger partial charge in [0, 0.05) is 6.54 Å². The van der Waals surface area contributed by atoms with E-state index >= 15 is 0 Å². The summed E-state index contributed by atoms with van der Waals surface area (Å²) in [5, 5.41) is 0.540. The minimum Gasteiger partial charge on any atom is -0.495 e. The van der Waals surface area contributed by atoms with Crippen LogP contribution in [0, 0.1) is 5.82 Å². The maximum absolute atomic E-state index is 13.2. The third-order valence-electron chi connectivity index (χ3n) is 2.75. The first-order valence-corrected chi connectivity index (χ1v) is 5.86. The molecule has 2 aromatic carbocycles. The molecule has 0 aliphatic heterocycles. The maximum Gasteiger partial charge on any atom is 0.138 e. The molecule has 0 saturated carbocycles. The molecule has 0 spiro atoms. The van der Waals surface area contributed by atoms with Crippen LogP contribution in [0.25, 0.3) is 11.1 Å². The van der Waals surface area contributed by atoms with Crippen LogP contribution in [0.4, 0.5) is 4.39 Å². The lowest BCUT2D eigenvalue weighted by atomic mass is 9.99. The lowest BCUT2D eigenvalue weighted by Gasteiger charge is -2.10. The van der Waals surface area contributed by atoms with Crippen LogP contribution in [-0.2, 0) is 6.54 Å². The minimum atomic E-state index is -0.292. The first-order chi connectivity index (χ1) is 8.65. The number of hydrogen-bond donors (Lipinski definition) is 1. The van der Waals surface area contributed by atoms with Crippen molar-refractivity contribution >= 4 is 11.6 Å². The van der Waals surface area contributed by atoms with Crippen molar-refractivity contribution in [3.63, 3.8) is 0 Å². The van der Waals surface area contributed by atoms with E-state index in [2.05, 4.69) is 0 Å². The number of ether oxygens (including phenoxy) is 1. The summed E-state index contributed by atoms with van der Waals surface area (Å²) in [6, 6.07) is 9.98. The van der Waals surface area contributed by atoms with Crippen molar-refractivity contribution in [2.45, 2.75) is 6.54 Å². The number of benzene rings is 2. The third kappa shape index (κ3) is 2.47. The smallest absolute Gasteiger partial charge is 0.138 e. The number of methoxy groups -OCH3 is 1. The molecule has 18 heavy (non-hydrogen) atoms. The van der Waals surface area contributed by atoms with Crippen LogP contribution in [0.1, 0.15) is 5.56 Å².